The molecule has 2 atom stereocenters. The van der Waals surface area contributed by atoms with Crippen LogP contribution in [0.2, 0.25) is 0 Å². The first-order valence-electron chi connectivity index (χ1n) is 7.60. The van der Waals surface area contributed by atoms with E-state index in [1.54, 1.807) is 24.3 Å². The Bertz CT molecular complexity index is 708. The van der Waals surface area contributed by atoms with Crippen LogP contribution in [0.3, 0.4) is 0 Å². The van der Waals surface area contributed by atoms with E-state index in [2.05, 4.69) is 0 Å². The zero-order chi connectivity index (χ0) is 16.9. The average Bonchev–Trinajstić information content (AvgIpc) is 2.93. The second kappa shape index (κ2) is 5.05. The zero-order valence-corrected chi connectivity index (χ0v) is 13.6. The van der Waals surface area contributed by atoms with Gasteiger partial charge in [0.25, 0.3) is 11.8 Å². The third-order valence-corrected chi connectivity index (χ3v) is 4.62. The summed E-state index contributed by atoms with van der Waals surface area (Å²) in [5.74, 6) is -1.99. The van der Waals surface area contributed by atoms with E-state index in [1.807, 2.05) is 33.8 Å². The summed E-state index contributed by atoms with van der Waals surface area (Å²) in [5, 5.41) is 0.584. The third-order valence-electron chi connectivity index (χ3n) is 4.62. The molecule has 2 amide bonds. The molecule has 5 nitrogen and oxygen atoms in total. The molecule has 2 unspecified atom stereocenters. The van der Waals surface area contributed by atoms with Crippen LogP contribution in [0, 0.1) is 17.3 Å². The second-order valence-corrected chi connectivity index (χ2v) is 6.93. The molecule has 1 aromatic carbocycles. The van der Waals surface area contributed by atoms with Crippen molar-refractivity contribution in [3.8, 4) is 0 Å². The number of carbonyl (C=O) groups is 3. The van der Waals surface area contributed by atoms with Crippen molar-refractivity contribution in [3.05, 3.63) is 47.0 Å². The number of benzene rings is 1. The Morgan fingerprint density at radius 2 is 1.65 bits per heavy atom. The maximum Gasteiger partial charge on any atom is 0.337 e. The molecule has 1 aliphatic carbocycles. The number of hydrogen-bond acceptors (Lipinski definition) is 4. The van der Waals surface area contributed by atoms with Gasteiger partial charge in [0.1, 0.15) is 0 Å². The van der Waals surface area contributed by atoms with E-state index in [1.165, 1.54) is 0 Å². The van der Waals surface area contributed by atoms with Gasteiger partial charge in [-0.3, -0.25) is 9.59 Å². The maximum absolute atomic E-state index is 12.4. The first-order valence-corrected chi connectivity index (χ1v) is 7.60. The Morgan fingerprint density at radius 3 is 2.13 bits per heavy atom. The number of hydroxylamine groups is 2. The van der Waals surface area contributed by atoms with Crippen molar-refractivity contribution in [3.63, 3.8) is 0 Å². The van der Waals surface area contributed by atoms with E-state index >= 15 is 0 Å². The van der Waals surface area contributed by atoms with Gasteiger partial charge in [0.2, 0.25) is 0 Å². The van der Waals surface area contributed by atoms with Crippen LogP contribution in [-0.2, 0) is 9.63 Å². The predicted octanol–water partition coefficient (Wildman–Crippen LogP) is 2.98. The van der Waals surface area contributed by atoms with Crippen LogP contribution in [0.15, 0.2) is 35.9 Å². The standard InChI is InChI=1S/C18H19NO4/c1-10(2)9-13-14(18(13,3)4)17(22)23-19-15(20)11-7-5-6-8-12(11)16(19)21/h5-9,13-14H,1-4H3. The molecule has 0 N–H and O–H groups in total. The van der Waals surface area contributed by atoms with Gasteiger partial charge >= 0.3 is 5.97 Å². The minimum absolute atomic E-state index is 0.0650. The number of rotatable bonds is 3. The number of amides is 2. The Morgan fingerprint density at radius 1 is 1.13 bits per heavy atom. The van der Waals surface area contributed by atoms with Gasteiger partial charge < -0.3 is 4.84 Å². The smallest absolute Gasteiger partial charge is 0.329 e. The summed E-state index contributed by atoms with van der Waals surface area (Å²) in [6, 6.07) is 6.45. The lowest BCUT2D eigenvalue weighted by Gasteiger charge is -2.13. The molecule has 1 aliphatic heterocycles. The first kappa shape index (κ1) is 15.5. The molecule has 0 bridgehead atoms. The normalized spacial score (nSPS) is 24.3. The predicted molar refractivity (Wildman–Crippen MR) is 83.2 cm³/mol. The number of fused-ring (bicyclic) bond motifs is 1. The van der Waals surface area contributed by atoms with Crippen molar-refractivity contribution < 1.29 is 19.2 Å². The van der Waals surface area contributed by atoms with E-state index in [-0.39, 0.29) is 28.4 Å². The van der Waals surface area contributed by atoms with Gasteiger partial charge in [0.05, 0.1) is 17.0 Å². The highest BCUT2D eigenvalue weighted by Gasteiger charge is 2.62. The molecule has 5 heteroatoms. The summed E-state index contributed by atoms with van der Waals surface area (Å²) in [5.41, 5.74) is 1.43. The van der Waals surface area contributed by atoms with Crippen LogP contribution < -0.4 is 0 Å². The van der Waals surface area contributed by atoms with E-state index in [0.29, 0.717) is 5.06 Å². The molecule has 1 saturated carbocycles. The molecular weight excluding hydrogens is 294 g/mol. The molecule has 0 aromatic heterocycles. The van der Waals surface area contributed by atoms with Crippen LogP contribution in [0.1, 0.15) is 48.4 Å². The van der Waals surface area contributed by atoms with Crippen LogP contribution >= 0.6 is 0 Å². The number of imide groups is 1. The van der Waals surface area contributed by atoms with Gasteiger partial charge in [0.15, 0.2) is 0 Å². The van der Waals surface area contributed by atoms with Crippen molar-refractivity contribution in [2.75, 3.05) is 0 Å². The lowest BCUT2D eigenvalue weighted by molar-refractivity contribution is -0.171. The summed E-state index contributed by atoms with van der Waals surface area (Å²) < 4.78 is 0. The van der Waals surface area contributed by atoms with Crippen molar-refractivity contribution in [2.24, 2.45) is 17.3 Å². The number of carbonyl (C=O) groups excluding carboxylic acids is 3. The van der Waals surface area contributed by atoms with Crippen LogP contribution in [0.4, 0.5) is 0 Å². The third kappa shape index (κ3) is 2.36. The monoisotopic (exact) mass is 313 g/mol. The van der Waals surface area contributed by atoms with Crippen molar-refractivity contribution in [1.29, 1.82) is 0 Å². The van der Waals surface area contributed by atoms with Gasteiger partial charge in [0, 0.05) is 0 Å². The van der Waals surface area contributed by atoms with Gasteiger partial charge in [-0.2, -0.15) is 0 Å². The lowest BCUT2D eigenvalue weighted by Crippen LogP contribution is -2.33. The molecule has 0 saturated heterocycles. The molecular formula is C18H19NO4. The van der Waals surface area contributed by atoms with E-state index < -0.39 is 17.8 Å². The number of nitrogens with zero attached hydrogens (tertiary/aromatic N) is 1. The highest BCUT2D eigenvalue weighted by Crippen LogP contribution is 2.60. The van der Waals surface area contributed by atoms with Crippen LogP contribution in [0.25, 0.3) is 0 Å². The Hall–Kier alpha value is -2.43. The lowest BCUT2D eigenvalue weighted by atomic mass is 10.1. The molecule has 0 radical (unpaired) electrons. The fourth-order valence-corrected chi connectivity index (χ4v) is 3.19. The molecule has 23 heavy (non-hydrogen) atoms. The fourth-order valence-electron chi connectivity index (χ4n) is 3.19. The molecule has 1 aromatic rings. The molecule has 1 fully saturated rings. The average molecular weight is 313 g/mol. The molecule has 120 valence electrons. The largest absolute Gasteiger partial charge is 0.337 e. The van der Waals surface area contributed by atoms with Crippen molar-refractivity contribution in [2.45, 2.75) is 27.7 Å². The van der Waals surface area contributed by atoms with Crippen molar-refractivity contribution >= 4 is 17.8 Å². The van der Waals surface area contributed by atoms with E-state index in [4.69, 9.17) is 4.84 Å². The molecule has 2 aliphatic rings. The minimum atomic E-state index is -0.587. The summed E-state index contributed by atoms with van der Waals surface area (Å²) in [4.78, 5) is 42.0. The highest BCUT2D eigenvalue weighted by atomic mass is 16.7. The summed E-state index contributed by atoms with van der Waals surface area (Å²) in [6.07, 6.45) is 2.04. The quantitative estimate of drug-likeness (QED) is 0.635. The van der Waals surface area contributed by atoms with Gasteiger partial charge in [-0.15, -0.1) is 0 Å². The second-order valence-electron chi connectivity index (χ2n) is 6.93. The minimum Gasteiger partial charge on any atom is -0.329 e. The number of hydrogen-bond donors (Lipinski definition) is 0. The maximum atomic E-state index is 12.4. The topological polar surface area (TPSA) is 63.7 Å². The van der Waals surface area contributed by atoms with Gasteiger partial charge in [-0.05, 0) is 37.3 Å². The SMILES string of the molecule is CC(C)=CC1C(C(=O)ON2C(=O)c3ccccc3C2=O)C1(C)C. The Balaban J connectivity index is 1.77. The molecule has 1 heterocycles. The molecule has 0 spiro atoms. The summed E-state index contributed by atoms with van der Waals surface area (Å²) in [7, 11) is 0. The number of allylic oxidation sites excluding steroid dienone is 2. The fraction of sp³-hybridized carbons (Fsp3) is 0.389. The van der Waals surface area contributed by atoms with Crippen LogP contribution in [0.5, 0.6) is 0 Å². The van der Waals surface area contributed by atoms with Crippen LogP contribution in [-0.4, -0.2) is 22.8 Å². The summed E-state index contributed by atoms with van der Waals surface area (Å²) >= 11 is 0. The first-order chi connectivity index (χ1) is 10.7. The van der Waals surface area contributed by atoms with Crippen molar-refractivity contribution in [1.82, 2.24) is 5.06 Å². The zero-order valence-electron chi connectivity index (χ0n) is 13.6. The molecule has 3 rings (SSSR count). The Kier molecular flexibility index (Phi) is 3.39. The highest BCUT2D eigenvalue weighted by molar-refractivity contribution is 6.20. The van der Waals surface area contributed by atoms with E-state index in [0.717, 1.165) is 5.57 Å². The van der Waals surface area contributed by atoms with Gasteiger partial charge in [-0.1, -0.05) is 42.7 Å². The Labute approximate surface area is 134 Å². The van der Waals surface area contributed by atoms with E-state index in [9.17, 15) is 14.4 Å². The summed E-state index contributed by atoms with van der Waals surface area (Å²) in [6.45, 7) is 7.90. The van der Waals surface area contributed by atoms with Gasteiger partial charge in [-0.25, -0.2) is 4.79 Å².